The van der Waals surface area contributed by atoms with E-state index < -0.39 is 9.73 Å². The molecule has 3 heterocycles. The van der Waals surface area contributed by atoms with E-state index in [0.29, 0.717) is 33.9 Å². The van der Waals surface area contributed by atoms with Gasteiger partial charge >= 0.3 is 0 Å². The minimum Gasteiger partial charge on any atom is -0.339 e. The van der Waals surface area contributed by atoms with Gasteiger partial charge in [0.05, 0.1) is 26.5 Å². The molecule has 4 rings (SSSR count). The third-order valence-corrected chi connectivity index (χ3v) is 7.29. The summed E-state index contributed by atoms with van der Waals surface area (Å²) in [7, 11) is 0.811. The minimum atomic E-state index is -2.64. The van der Waals surface area contributed by atoms with Crippen LogP contribution in [-0.4, -0.2) is 47.2 Å². The lowest BCUT2D eigenvalue weighted by Gasteiger charge is -2.15. The largest absolute Gasteiger partial charge is 0.339 e. The van der Waals surface area contributed by atoms with Crippen molar-refractivity contribution in [2.24, 2.45) is 11.4 Å². The molecule has 4 aromatic rings. The van der Waals surface area contributed by atoms with Crippen molar-refractivity contribution in [2.45, 2.75) is 25.7 Å². The van der Waals surface area contributed by atoms with E-state index >= 15 is 0 Å². The summed E-state index contributed by atoms with van der Waals surface area (Å²) in [6.07, 6.45) is 4.88. The molecule has 0 radical (unpaired) electrons. The number of hydrogen-bond acceptors (Lipinski definition) is 9. The molecule has 0 aliphatic rings. The minimum absolute atomic E-state index is 0.540. The smallest absolute Gasteiger partial charge is 0.137 e. The number of aryl methyl sites for hydroxylation is 3. The second-order valence-corrected chi connectivity index (χ2v) is 10.4. The molecule has 2 N–H and O–H groups in total. The maximum Gasteiger partial charge on any atom is 0.137 e. The summed E-state index contributed by atoms with van der Waals surface area (Å²) < 4.78 is 19.3. The van der Waals surface area contributed by atoms with Gasteiger partial charge in [-0.25, -0.2) is 28.5 Å². The maximum absolute atomic E-state index is 13.3. The molecule has 1 aromatic carbocycles. The first-order valence-electron chi connectivity index (χ1n) is 10.6. The maximum atomic E-state index is 13.3. The zero-order valence-electron chi connectivity index (χ0n) is 20.0. The Morgan fingerprint density at radius 3 is 2.35 bits per heavy atom. The van der Waals surface area contributed by atoms with Crippen molar-refractivity contribution in [1.82, 2.24) is 29.7 Å². The number of nitrogens with zero attached hydrogens (tertiary/aromatic N) is 7. The molecule has 3 aromatic heterocycles. The van der Waals surface area contributed by atoms with Gasteiger partial charge < -0.3 is 10.6 Å². The van der Waals surface area contributed by atoms with E-state index in [1.807, 2.05) is 56.8 Å². The number of nitrogens with one attached hydrogen (secondary N) is 2. The topological polar surface area (TPSA) is 123 Å². The van der Waals surface area contributed by atoms with Gasteiger partial charge in [-0.15, -0.1) is 0 Å². The van der Waals surface area contributed by atoms with Crippen molar-refractivity contribution in [3.8, 4) is 11.1 Å². The van der Waals surface area contributed by atoms with Crippen LogP contribution in [0, 0.1) is 20.8 Å². The SMILES string of the molecule is CN=S(C)(=O)c1cc(-c2cnn(C)c2C)ccc1Nc1cc(Nc2cc(C)nc(C)n2)ncn1. The lowest BCUT2D eigenvalue weighted by atomic mass is 10.1. The van der Waals surface area contributed by atoms with Crippen molar-refractivity contribution >= 4 is 32.9 Å². The van der Waals surface area contributed by atoms with Crippen molar-refractivity contribution in [1.29, 1.82) is 0 Å². The quantitative estimate of drug-likeness (QED) is 0.424. The fraction of sp³-hybridized carbons (Fsp3) is 0.261. The predicted molar refractivity (Wildman–Crippen MR) is 134 cm³/mol. The first-order valence-corrected chi connectivity index (χ1v) is 12.5. The van der Waals surface area contributed by atoms with Crippen molar-refractivity contribution in [2.75, 3.05) is 23.9 Å². The molecule has 1 atom stereocenters. The Bertz CT molecular complexity index is 1470. The summed E-state index contributed by atoms with van der Waals surface area (Å²) in [4.78, 5) is 17.9. The van der Waals surface area contributed by atoms with Crippen LogP contribution in [0.3, 0.4) is 0 Å². The first kappa shape index (κ1) is 23.3. The second-order valence-electron chi connectivity index (χ2n) is 7.94. The number of anilines is 4. The Labute approximate surface area is 199 Å². The highest BCUT2D eigenvalue weighted by molar-refractivity contribution is 7.93. The summed E-state index contributed by atoms with van der Waals surface area (Å²) >= 11 is 0. The van der Waals surface area contributed by atoms with E-state index in [2.05, 4.69) is 40.0 Å². The second kappa shape index (κ2) is 9.18. The Balaban J connectivity index is 1.69. The van der Waals surface area contributed by atoms with Gasteiger partial charge in [0.15, 0.2) is 0 Å². The molecule has 1 unspecified atom stereocenters. The number of benzene rings is 1. The first-order chi connectivity index (χ1) is 16.2. The summed E-state index contributed by atoms with van der Waals surface area (Å²) in [5.74, 6) is 2.42. The van der Waals surface area contributed by atoms with Crippen LogP contribution in [0.15, 0.2) is 52.1 Å². The van der Waals surface area contributed by atoms with Gasteiger partial charge in [0.2, 0.25) is 0 Å². The van der Waals surface area contributed by atoms with Gasteiger partial charge in [-0.1, -0.05) is 6.07 Å². The fourth-order valence-electron chi connectivity index (χ4n) is 3.53. The molecule has 0 saturated heterocycles. The summed E-state index contributed by atoms with van der Waals surface area (Å²) in [6.45, 7) is 5.74. The van der Waals surface area contributed by atoms with Gasteiger partial charge in [0, 0.05) is 49.4 Å². The third kappa shape index (κ3) is 4.88. The normalized spacial score (nSPS) is 12.8. The Morgan fingerprint density at radius 2 is 1.71 bits per heavy atom. The molecule has 34 heavy (non-hydrogen) atoms. The van der Waals surface area contributed by atoms with E-state index in [9.17, 15) is 4.21 Å². The zero-order valence-corrected chi connectivity index (χ0v) is 20.8. The van der Waals surface area contributed by atoms with Crippen LogP contribution in [0.4, 0.5) is 23.1 Å². The molecule has 0 amide bonds. The number of rotatable bonds is 6. The highest BCUT2D eigenvalue weighted by Gasteiger charge is 2.16. The average Bonchev–Trinajstić information content (AvgIpc) is 3.12. The number of hydrogen-bond donors (Lipinski definition) is 2. The molecule has 0 saturated carbocycles. The number of aromatic nitrogens is 6. The Morgan fingerprint density at radius 1 is 0.971 bits per heavy atom. The van der Waals surface area contributed by atoms with Gasteiger partial charge in [-0.3, -0.25) is 4.68 Å². The van der Waals surface area contributed by atoms with E-state index in [0.717, 1.165) is 22.5 Å². The lowest BCUT2D eigenvalue weighted by Crippen LogP contribution is -2.05. The molecule has 0 aliphatic carbocycles. The lowest BCUT2D eigenvalue weighted by molar-refractivity contribution is 0.680. The zero-order chi connectivity index (χ0) is 24.5. The van der Waals surface area contributed by atoms with E-state index in [1.54, 1.807) is 25.6 Å². The predicted octanol–water partition coefficient (Wildman–Crippen LogP) is 4.17. The average molecular weight is 478 g/mol. The van der Waals surface area contributed by atoms with Gasteiger partial charge in [0.25, 0.3) is 0 Å². The van der Waals surface area contributed by atoms with E-state index in [-0.39, 0.29) is 0 Å². The van der Waals surface area contributed by atoms with Gasteiger partial charge in [0.1, 0.15) is 29.6 Å². The Kier molecular flexibility index (Phi) is 6.29. The summed E-state index contributed by atoms with van der Waals surface area (Å²) in [5.41, 5.74) is 4.43. The van der Waals surface area contributed by atoms with Crippen LogP contribution >= 0.6 is 0 Å². The van der Waals surface area contributed by atoms with E-state index in [1.165, 1.54) is 6.33 Å². The molecule has 176 valence electrons. The van der Waals surface area contributed by atoms with Gasteiger partial charge in [-0.2, -0.15) is 5.10 Å². The molecule has 0 fully saturated rings. The van der Waals surface area contributed by atoms with Crippen molar-refractivity contribution < 1.29 is 4.21 Å². The third-order valence-electron chi connectivity index (χ3n) is 5.44. The molecule has 0 bridgehead atoms. The molecule has 11 heteroatoms. The molecular weight excluding hydrogens is 450 g/mol. The molecule has 10 nitrogen and oxygen atoms in total. The van der Waals surface area contributed by atoms with Crippen LogP contribution in [-0.2, 0) is 16.8 Å². The van der Waals surface area contributed by atoms with E-state index in [4.69, 9.17) is 0 Å². The highest BCUT2D eigenvalue weighted by atomic mass is 32.2. The summed E-state index contributed by atoms with van der Waals surface area (Å²) in [6, 6.07) is 9.35. The monoisotopic (exact) mass is 477 g/mol. The van der Waals surface area contributed by atoms with Crippen molar-refractivity contribution in [3.05, 3.63) is 60.1 Å². The summed E-state index contributed by atoms with van der Waals surface area (Å²) in [5, 5.41) is 10.8. The van der Waals surface area contributed by atoms with Gasteiger partial charge in [-0.05, 0) is 38.5 Å². The van der Waals surface area contributed by atoms with Crippen LogP contribution < -0.4 is 10.6 Å². The highest BCUT2D eigenvalue weighted by Crippen LogP contribution is 2.32. The van der Waals surface area contributed by atoms with Crippen molar-refractivity contribution in [3.63, 3.8) is 0 Å². The standard InChI is InChI=1S/C23H27N9OS/c1-14-9-23(29-16(3)28-14)31-22-11-21(25-13-26-22)30-19-8-7-17(10-20(19)34(6,33)24-4)18-12-27-32(5)15(18)2/h7-13H,1-6H3,(H2,25,26,28,29,30,31). The Hall–Kier alpha value is -3.86. The van der Waals surface area contributed by atoms with Crippen LogP contribution in [0.2, 0.25) is 0 Å². The fourth-order valence-corrected chi connectivity index (χ4v) is 4.60. The van der Waals surface area contributed by atoms with Crippen LogP contribution in [0.5, 0.6) is 0 Å². The molecule has 0 aliphatic heterocycles. The molecular formula is C23H27N9OS. The van der Waals surface area contributed by atoms with Crippen LogP contribution in [0.1, 0.15) is 17.2 Å². The molecule has 0 spiro atoms. The van der Waals surface area contributed by atoms with Crippen LogP contribution in [0.25, 0.3) is 11.1 Å².